The third kappa shape index (κ3) is 4.18. The fourth-order valence-corrected chi connectivity index (χ4v) is 6.44. The monoisotopic (exact) mass is 482 g/mol. The maximum atomic E-state index is 13.6. The van der Waals surface area contributed by atoms with E-state index in [-0.39, 0.29) is 40.7 Å². The molecule has 3 heterocycles. The largest absolute Gasteiger partial charge is 0.504 e. The van der Waals surface area contributed by atoms with Gasteiger partial charge in [0.15, 0.2) is 22.4 Å². The minimum Gasteiger partial charge on any atom is -0.504 e. The first-order valence-electron chi connectivity index (χ1n) is 10.7. The van der Waals surface area contributed by atoms with Gasteiger partial charge in [0.05, 0.1) is 23.9 Å². The molecule has 33 heavy (non-hydrogen) atoms. The van der Waals surface area contributed by atoms with Gasteiger partial charge in [0.1, 0.15) is 10.6 Å². The number of aromatic hydroxyl groups is 2. The number of carbonyl (C=O) groups excluding carboxylic acids is 1. The topological polar surface area (TPSA) is 106 Å². The molecular formula is C24H22N2O5S2. The average Bonchev–Trinajstić information content (AvgIpc) is 3.43. The number of fused-ring (bicyclic) bond motifs is 3. The minimum atomic E-state index is -0.349. The van der Waals surface area contributed by atoms with E-state index in [9.17, 15) is 19.8 Å². The van der Waals surface area contributed by atoms with Crippen LogP contribution in [-0.2, 0) is 19.4 Å². The van der Waals surface area contributed by atoms with Crippen molar-refractivity contribution in [1.82, 2.24) is 9.55 Å². The van der Waals surface area contributed by atoms with Crippen LogP contribution >= 0.6 is 23.1 Å². The summed E-state index contributed by atoms with van der Waals surface area (Å²) in [6.45, 7) is 2.45. The zero-order valence-electron chi connectivity index (χ0n) is 17.9. The lowest BCUT2D eigenvalue weighted by Gasteiger charge is -2.17. The zero-order valence-corrected chi connectivity index (χ0v) is 19.5. The Bertz CT molecular complexity index is 1400. The van der Waals surface area contributed by atoms with Gasteiger partial charge < -0.3 is 14.6 Å². The maximum Gasteiger partial charge on any atom is 0.263 e. The second-order valence-corrected chi connectivity index (χ2v) is 10.3. The summed E-state index contributed by atoms with van der Waals surface area (Å²) in [5.41, 5.74) is 1.28. The molecule has 0 amide bonds. The number of carbonyl (C=O) groups is 1. The van der Waals surface area contributed by atoms with E-state index in [0.717, 1.165) is 24.8 Å². The van der Waals surface area contributed by atoms with Crippen LogP contribution in [0, 0.1) is 5.92 Å². The maximum absolute atomic E-state index is 13.6. The molecule has 0 fully saturated rings. The zero-order chi connectivity index (χ0) is 23.1. The van der Waals surface area contributed by atoms with Crippen LogP contribution in [0.15, 0.2) is 51.0 Å². The highest BCUT2D eigenvalue weighted by atomic mass is 32.2. The average molecular weight is 483 g/mol. The Hall–Kier alpha value is -3.04. The van der Waals surface area contributed by atoms with Crippen LogP contribution in [-0.4, -0.2) is 31.3 Å². The number of thiophene rings is 1. The summed E-state index contributed by atoms with van der Waals surface area (Å²) in [4.78, 5) is 33.1. The van der Waals surface area contributed by atoms with Crippen LogP contribution in [0.25, 0.3) is 10.2 Å². The van der Waals surface area contributed by atoms with Gasteiger partial charge >= 0.3 is 0 Å². The summed E-state index contributed by atoms with van der Waals surface area (Å²) in [6.07, 6.45) is 4.46. The minimum absolute atomic E-state index is 0.0302. The van der Waals surface area contributed by atoms with Crippen molar-refractivity contribution in [2.24, 2.45) is 5.92 Å². The van der Waals surface area contributed by atoms with Crippen molar-refractivity contribution in [1.29, 1.82) is 0 Å². The number of thioether (sulfide) groups is 1. The Labute approximate surface area is 197 Å². The molecule has 0 spiro atoms. The van der Waals surface area contributed by atoms with Gasteiger partial charge in [-0.15, -0.1) is 11.3 Å². The highest BCUT2D eigenvalue weighted by Crippen LogP contribution is 2.36. The molecule has 7 nitrogen and oxygen atoms in total. The van der Waals surface area contributed by atoms with Crippen molar-refractivity contribution in [3.8, 4) is 11.5 Å². The van der Waals surface area contributed by atoms with Gasteiger partial charge in [-0.2, -0.15) is 0 Å². The van der Waals surface area contributed by atoms with E-state index in [2.05, 4.69) is 6.92 Å². The molecule has 0 bridgehead atoms. The molecule has 1 aliphatic rings. The van der Waals surface area contributed by atoms with E-state index in [4.69, 9.17) is 9.40 Å². The number of nitrogens with zero attached hydrogens (tertiary/aromatic N) is 2. The molecule has 5 rings (SSSR count). The van der Waals surface area contributed by atoms with Crippen molar-refractivity contribution in [3.05, 3.63) is 68.7 Å². The van der Waals surface area contributed by atoms with E-state index in [1.165, 1.54) is 34.8 Å². The van der Waals surface area contributed by atoms with Crippen LogP contribution in [0.3, 0.4) is 0 Å². The number of phenolic OH excluding ortho intramolecular Hbond substituents is 2. The summed E-state index contributed by atoms with van der Waals surface area (Å²) in [5.74, 6) is 0.376. The second-order valence-electron chi connectivity index (χ2n) is 8.31. The van der Waals surface area contributed by atoms with Crippen LogP contribution < -0.4 is 5.56 Å². The van der Waals surface area contributed by atoms with E-state index in [1.807, 2.05) is 0 Å². The molecule has 0 saturated carbocycles. The summed E-state index contributed by atoms with van der Waals surface area (Å²) in [7, 11) is 0. The highest BCUT2D eigenvalue weighted by molar-refractivity contribution is 7.99. The Morgan fingerprint density at radius 3 is 2.91 bits per heavy atom. The van der Waals surface area contributed by atoms with Crippen molar-refractivity contribution >= 4 is 39.1 Å². The van der Waals surface area contributed by atoms with Gasteiger partial charge in [0.2, 0.25) is 0 Å². The van der Waals surface area contributed by atoms with Crippen molar-refractivity contribution in [3.63, 3.8) is 0 Å². The molecule has 9 heteroatoms. The first-order chi connectivity index (χ1) is 15.9. The van der Waals surface area contributed by atoms with Crippen LogP contribution in [0.5, 0.6) is 11.5 Å². The molecule has 0 aliphatic heterocycles. The summed E-state index contributed by atoms with van der Waals surface area (Å²) < 4.78 is 7.06. The van der Waals surface area contributed by atoms with Crippen LogP contribution in [0.2, 0.25) is 0 Å². The van der Waals surface area contributed by atoms with Crippen molar-refractivity contribution < 1.29 is 19.4 Å². The molecule has 1 aromatic carbocycles. The van der Waals surface area contributed by atoms with Gasteiger partial charge in [-0.25, -0.2) is 4.98 Å². The number of ketones is 1. The van der Waals surface area contributed by atoms with Gasteiger partial charge in [0.25, 0.3) is 5.56 Å². The van der Waals surface area contributed by atoms with Gasteiger partial charge in [-0.05, 0) is 61.1 Å². The number of rotatable bonds is 6. The Morgan fingerprint density at radius 2 is 2.15 bits per heavy atom. The van der Waals surface area contributed by atoms with Crippen molar-refractivity contribution in [2.45, 2.75) is 37.9 Å². The molecule has 3 aromatic heterocycles. The quantitative estimate of drug-likeness (QED) is 0.179. The van der Waals surface area contributed by atoms with E-state index >= 15 is 0 Å². The molecule has 1 aliphatic carbocycles. The van der Waals surface area contributed by atoms with Crippen LogP contribution in [0.1, 0.15) is 39.9 Å². The Kier molecular flexibility index (Phi) is 5.76. The molecule has 2 N–H and O–H groups in total. The van der Waals surface area contributed by atoms with E-state index < -0.39 is 0 Å². The lowest BCUT2D eigenvalue weighted by Crippen LogP contribution is -2.25. The number of phenols is 2. The number of furan rings is 1. The van der Waals surface area contributed by atoms with Gasteiger partial charge in [-0.3, -0.25) is 14.2 Å². The normalized spacial score (nSPS) is 15.6. The van der Waals surface area contributed by atoms with E-state index in [0.29, 0.717) is 27.1 Å². The van der Waals surface area contributed by atoms with E-state index in [1.54, 1.807) is 34.3 Å². The fraction of sp³-hybridized carbons (Fsp3) is 0.292. The van der Waals surface area contributed by atoms with Gasteiger partial charge in [-0.1, -0.05) is 18.7 Å². The van der Waals surface area contributed by atoms with Crippen molar-refractivity contribution in [2.75, 3.05) is 5.75 Å². The third-order valence-corrected chi connectivity index (χ3v) is 8.03. The number of aryl methyl sites for hydroxylation is 1. The molecular weight excluding hydrogens is 460 g/mol. The molecule has 0 saturated heterocycles. The summed E-state index contributed by atoms with van der Waals surface area (Å²) in [5, 5.41) is 20.3. The predicted molar refractivity (Wildman–Crippen MR) is 128 cm³/mol. The summed E-state index contributed by atoms with van der Waals surface area (Å²) >= 11 is 2.76. The number of aromatic nitrogens is 2. The highest BCUT2D eigenvalue weighted by Gasteiger charge is 2.25. The fourth-order valence-electron chi connectivity index (χ4n) is 4.12. The first kappa shape index (κ1) is 21.8. The molecule has 4 aromatic rings. The molecule has 1 atom stereocenters. The third-order valence-electron chi connectivity index (χ3n) is 5.90. The predicted octanol–water partition coefficient (Wildman–Crippen LogP) is 4.61. The second kappa shape index (κ2) is 8.72. The first-order valence-corrected chi connectivity index (χ1v) is 12.5. The SMILES string of the molecule is CC1CCc2c(sc3nc(SCC(=O)c4ccc(O)c(O)c4)n(Cc4ccco4)c(=O)c23)C1. The number of benzene rings is 1. The molecule has 1 unspecified atom stereocenters. The van der Waals surface area contributed by atoms with Crippen LogP contribution in [0.4, 0.5) is 0 Å². The standard InChI is InChI=1S/C24H22N2O5S2/c1-13-4-6-16-20(9-13)33-22-21(16)23(30)26(11-15-3-2-8-31-15)24(25-22)32-12-19(29)14-5-7-17(27)18(28)10-14/h2-3,5,7-8,10,13,27-28H,4,6,9,11-12H2,1H3. The Balaban J connectivity index is 1.52. The summed E-state index contributed by atoms with van der Waals surface area (Å²) in [6, 6.07) is 7.55. The molecule has 170 valence electrons. The number of hydrogen-bond donors (Lipinski definition) is 2. The smallest absolute Gasteiger partial charge is 0.263 e. The lowest BCUT2D eigenvalue weighted by molar-refractivity contribution is 0.102. The number of Topliss-reactive ketones (excluding diaryl/α,β-unsaturated/α-hetero) is 1. The Morgan fingerprint density at radius 1 is 1.30 bits per heavy atom. The molecule has 0 radical (unpaired) electrons. The lowest BCUT2D eigenvalue weighted by atomic mass is 9.89. The van der Waals surface area contributed by atoms with Gasteiger partial charge in [0, 0.05) is 10.4 Å². The number of hydrogen-bond acceptors (Lipinski definition) is 8.